The summed E-state index contributed by atoms with van der Waals surface area (Å²) in [6.45, 7) is 6.27. The third-order valence-electron chi connectivity index (χ3n) is 6.30. The van der Waals surface area contributed by atoms with Gasteiger partial charge in [0.2, 0.25) is 0 Å². The van der Waals surface area contributed by atoms with Gasteiger partial charge in [0.25, 0.3) is 0 Å². The molecule has 2 atom stereocenters. The summed E-state index contributed by atoms with van der Waals surface area (Å²) in [5.74, 6) is 2.46. The highest BCUT2D eigenvalue weighted by Gasteiger charge is 2.38. The largest absolute Gasteiger partial charge is 0.366 e. The molecule has 0 radical (unpaired) electrons. The summed E-state index contributed by atoms with van der Waals surface area (Å²) < 4.78 is 0. The van der Waals surface area contributed by atoms with Gasteiger partial charge in [-0.3, -0.25) is 9.88 Å². The molecule has 0 aliphatic carbocycles. The van der Waals surface area contributed by atoms with E-state index in [4.69, 9.17) is 4.98 Å². The second-order valence-corrected chi connectivity index (χ2v) is 8.48. The minimum absolute atomic E-state index is 0.110. The number of amides is 2. The number of carbonyl (C=O) groups is 1. The maximum Gasteiger partial charge on any atom is 0.327 e. The van der Waals surface area contributed by atoms with Crippen molar-refractivity contribution >= 4 is 29.0 Å². The normalized spacial score (nSPS) is 23.6. The van der Waals surface area contributed by atoms with E-state index in [0.717, 1.165) is 62.0 Å². The van der Waals surface area contributed by atoms with E-state index in [2.05, 4.69) is 39.2 Å². The van der Waals surface area contributed by atoms with E-state index in [-0.39, 0.29) is 12.1 Å². The molecule has 5 rings (SSSR count). The van der Waals surface area contributed by atoms with Gasteiger partial charge in [-0.15, -0.1) is 0 Å². The number of rotatable bonds is 2. The van der Waals surface area contributed by atoms with Gasteiger partial charge < -0.3 is 15.1 Å². The Balaban J connectivity index is 1.49. The molecule has 3 aliphatic rings. The summed E-state index contributed by atoms with van der Waals surface area (Å²) in [7, 11) is 0. The summed E-state index contributed by atoms with van der Waals surface area (Å²) in [6, 6.07) is 7.96. The summed E-state index contributed by atoms with van der Waals surface area (Å²) in [5.41, 5.74) is 1.82. The predicted octanol–water partition coefficient (Wildman–Crippen LogP) is 3.73. The van der Waals surface area contributed by atoms with Crippen molar-refractivity contribution in [1.82, 2.24) is 9.97 Å². The predicted molar refractivity (Wildman–Crippen MR) is 116 cm³/mol. The van der Waals surface area contributed by atoms with Crippen LogP contribution in [0.3, 0.4) is 0 Å². The fourth-order valence-electron chi connectivity index (χ4n) is 4.87. The second kappa shape index (κ2) is 7.54. The number of nitrogens with one attached hydrogen (secondary N) is 1. The Kier molecular flexibility index (Phi) is 4.73. The lowest BCUT2D eigenvalue weighted by atomic mass is 9.99. The van der Waals surface area contributed by atoms with Gasteiger partial charge in [-0.2, -0.15) is 0 Å². The zero-order valence-electron chi connectivity index (χ0n) is 16.9. The Morgan fingerprint density at radius 2 is 1.83 bits per heavy atom. The maximum absolute atomic E-state index is 13.3. The summed E-state index contributed by atoms with van der Waals surface area (Å²) in [6.07, 6.45) is 7.95. The van der Waals surface area contributed by atoms with E-state index in [1.54, 1.807) is 12.4 Å². The molecule has 7 nitrogen and oxygen atoms in total. The summed E-state index contributed by atoms with van der Waals surface area (Å²) in [4.78, 5) is 29.0. The smallest absolute Gasteiger partial charge is 0.327 e. The first kappa shape index (κ1) is 18.2. The van der Waals surface area contributed by atoms with Crippen LogP contribution in [0, 0.1) is 5.92 Å². The number of urea groups is 1. The van der Waals surface area contributed by atoms with E-state index < -0.39 is 0 Å². The number of aromatic nitrogens is 2. The zero-order chi connectivity index (χ0) is 19.8. The summed E-state index contributed by atoms with van der Waals surface area (Å²) in [5, 5.41) is 3.04. The number of hydrogen-bond acceptors (Lipinski definition) is 5. The number of anilines is 4. The van der Waals surface area contributed by atoms with Crippen molar-refractivity contribution in [3.05, 3.63) is 36.7 Å². The number of hydrogen-bond donors (Lipinski definition) is 1. The lowest BCUT2D eigenvalue weighted by Gasteiger charge is -2.46. The molecule has 1 N–H and O–H groups in total. The molecule has 2 fully saturated rings. The number of pyridine rings is 2. The molecule has 0 spiro atoms. The monoisotopic (exact) mass is 392 g/mol. The molecule has 0 saturated carbocycles. The highest BCUT2D eigenvalue weighted by molar-refractivity contribution is 6.04. The van der Waals surface area contributed by atoms with E-state index in [0.29, 0.717) is 5.92 Å². The molecule has 2 amide bonds. The van der Waals surface area contributed by atoms with Gasteiger partial charge >= 0.3 is 6.03 Å². The number of fused-ring (bicyclic) bond motifs is 4. The van der Waals surface area contributed by atoms with Gasteiger partial charge in [-0.1, -0.05) is 6.92 Å². The molecular formula is C22H28N6O. The van der Waals surface area contributed by atoms with Crippen LogP contribution in [0.5, 0.6) is 0 Å². The van der Waals surface area contributed by atoms with Crippen molar-refractivity contribution < 1.29 is 4.79 Å². The van der Waals surface area contributed by atoms with Crippen LogP contribution in [0.15, 0.2) is 36.7 Å². The van der Waals surface area contributed by atoms with E-state index in [1.165, 1.54) is 12.8 Å². The standard InChI is InChI=1S/C22H28N6O/c1-16-4-2-13-27(14-16)20-7-6-19-21(25-20)28(18-5-3-12-26(19)15-18)22(29)24-17-8-10-23-11-9-17/h6-11,16,18H,2-5,12-15H2,1H3,(H,23,24,29)/t16?,18-/m1/s1. The Hall–Kier alpha value is -2.83. The van der Waals surface area contributed by atoms with Gasteiger partial charge in [0, 0.05) is 44.3 Å². The molecule has 2 aromatic heterocycles. The molecule has 1 unspecified atom stereocenters. The first-order chi connectivity index (χ1) is 14.2. The molecule has 0 aromatic carbocycles. The minimum atomic E-state index is -0.110. The van der Waals surface area contributed by atoms with E-state index >= 15 is 0 Å². The van der Waals surface area contributed by atoms with Crippen LogP contribution in [0.25, 0.3) is 0 Å². The van der Waals surface area contributed by atoms with Crippen LogP contribution in [0.1, 0.15) is 32.6 Å². The Labute approximate surface area is 171 Å². The molecule has 152 valence electrons. The van der Waals surface area contributed by atoms with Crippen molar-refractivity contribution in [2.24, 2.45) is 5.92 Å². The molecule has 29 heavy (non-hydrogen) atoms. The number of nitrogens with zero attached hydrogens (tertiary/aromatic N) is 5. The van der Waals surface area contributed by atoms with Crippen LogP contribution < -0.4 is 20.0 Å². The van der Waals surface area contributed by atoms with Crippen LogP contribution in [-0.2, 0) is 0 Å². The highest BCUT2D eigenvalue weighted by Crippen LogP contribution is 2.39. The van der Waals surface area contributed by atoms with Gasteiger partial charge in [0.15, 0.2) is 5.82 Å². The topological polar surface area (TPSA) is 64.6 Å². The zero-order valence-corrected chi connectivity index (χ0v) is 16.9. The van der Waals surface area contributed by atoms with Crippen molar-refractivity contribution in [2.45, 2.75) is 38.6 Å². The van der Waals surface area contributed by atoms with Gasteiger partial charge in [-0.25, -0.2) is 9.78 Å². The second-order valence-electron chi connectivity index (χ2n) is 8.48. The summed E-state index contributed by atoms with van der Waals surface area (Å²) >= 11 is 0. The van der Waals surface area contributed by atoms with Crippen molar-refractivity contribution in [2.75, 3.05) is 46.2 Å². The first-order valence-electron chi connectivity index (χ1n) is 10.7. The average molecular weight is 393 g/mol. The number of carbonyl (C=O) groups excluding carboxylic acids is 1. The quantitative estimate of drug-likeness (QED) is 0.844. The maximum atomic E-state index is 13.3. The Morgan fingerprint density at radius 1 is 1.03 bits per heavy atom. The van der Waals surface area contributed by atoms with Crippen LogP contribution in [0.4, 0.5) is 27.8 Å². The van der Waals surface area contributed by atoms with Crippen molar-refractivity contribution in [3.8, 4) is 0 Å². The average Bonchev–Trinajstić information content (AvgIpc) is 2.74. The van der Waals surface area contributed by atoms with Crippen LogP contribution in [0.2, 0.25) is 0 Å². The Morgan fingerprint density at radius 3 is 2.66 bits per heavy atom. The molecular weight excluding hydrogens is 364 g/mol. The molecule has 7 heteroatoms. The lowest BCUT2D eigenvalue weighted by Crippen LogP contribution is -2.56. The molecule has 2 bridgehead atoms. The lowest BCUT2D eigenvalue weighted by molar-refractivity contribution is 0.252. The SMILES string of the molecule is CC1CCCN(c2ccc3c(n2)N(C(=O)Nc2ccncc2)[C@@H]2CCCN3C2)C1. The number of piperidine rings is 2. The van der Waals surface area contributed by atoms with Crippen LogP contribution in [-0.4, -0.2) is 48.2 Å². The molecule has 5 heterocycles. The van der Waals surface area contributed by atoms with E-state index in [9.17, 15) is 4.79 Å². The first-order valence-corrected chi connectivity index (χ1v) is 10.7. The highest BCUT2D eigenvalue weighted by atomic mass is 16.2. The fourth-order valence-corrected chi connectivity index (χ4v) is 4.87. The molecule has 2 aromatic rings. The van der Waals surface area contributed by atoms with Gasteiger partial charge in [0.05, 0.1) is 11.7 Å². The fraction of sp³-hybridized carbons (Fsp3) is 0.500. The third-order valence-corrected chi connectivity index (χ3v) is 6.30. The van der Waals surface area contributed by atoms with Gasteiger partial charge in [-0.05, 0) is 55.9 Å². The molecule has 3 aliphatic heterocycles. The third kappa shape index (κ3) is 3.50. The van der Waals surface area contributed by atoms with Crippen molar-refractivity contribution in [3.63, 3.8) is 0 Å². The Bertz CT molecular complexity index is 888. The van der Waals surface area contributed by atoms with E-state index in [1.807, 2.05) is 17.0 Å². The van der Waals surface area contributed by atoms with Crippen LogP contribution >= 0.6 is 0 Å². The van der Waals surface area contributed by atoms with Crippen molar-refractivity contribution in [1.29, 1.82) is 0 Å². The minimum Gasteiger partial charge on any atom is -0.366 e. The van der Waals surface area contributed by atoms with Gasteiger partial charge in [0.1, 0.15) is 5.82 Å². The molecule has 2 saturated heterocycles.